The molecule has 3 N–H and O–H groups in total. The number of allylic oxidation sites excluding steroid dienone is 32. The number of phosphoric acid groups is 1. The maximum Gasteiger partial charge on any atom is 0.472 e. The molecule has 0 aromatic rings. The lowest BCUT2D eigenvalue weighted by Gasteiger charge is -2.19. The van der Waals surface area contributed by atoms with Gasteiger partial charge < -0.3 is 20.1 Å². The van der Waals surface area contributed by atoms with Crippen LogP contribution in [-0.2, 0) is 32.7 Å². The van der Waals surface area contributed by atoms with Crippen molar-refractivity contribution in [2.75, 3.05) is 26.4 Å². The fraction of sp³-hybridized carbons (Fsp3) is 0.570. The predicted octanol–water partition coefficient (Wildman–Crippen LogP) is 23.3. The van der Waals surface area contributed by atoms with Gasteiger partial charge >= 0.3 is 19.8 Å². The Kier molecular flexibility index (Phi) is 67.8. The Labute approximate surface area is 545 Å². The third-order valence-electron chi connectivity index (χ3n) is 14.0. The van der Waals surface area contributed by atoms with E-state index >= 15 is 0 Å². The van der Waals surface area contributed by atoms with Crippen molar-refractivity contribution in [3.63, 3.8) is 0 Å². The summed E-state index contributed by atoms with van der Waals surface area (Å²) in [6.45, 7) is 3.48. The summed E-state index contributed by atoms with van der Waals surface area (Å²) in [6.07, 6.45) is 109. The molecule has 0 radical (unpaired) electrons. The van der Waals surface area contributed by atoms with Crippen molar-refractivity contribution in [2.24, 2.45) is 5.73 Å². The van der Waals surface area contributed by atoms with Crippen LogP contribution in [0.15, 0.2) is 194 Å². The first-order valence-electron chi connectivity index (χ1n) is 34.9. The van der Waals surface area contributed by atoms with Crippen molar-refractivity contribution >= 4 is 19.8 Å². The van der Waals surface area contributed by atoms with Gasteiger partial charge in [-0.05, 0) is 141 Å². The summed E-state index contributed by atoms with van der Waals surface area (Å²) in [5.41, 5.74) is 5.40. The number of phosphoric ester groups is 1. The Morgan fingerprint density at radius 2 is 0.584 bits per heavy atom. The van der Waals surface area contributed by atoms with E-state index in [4.69, 9.17) is 24.3 Å². The Morgan fingerprint density at radius 1 is 0.337 bits per heavy atom. The highest BCUT2D eigenvalue weighted by molar-refractivity contribution is 7.47. The van der Waals surface area contributed by atoms with Crippen molar-refractivity contribution in [1.29, 1.82) is 0 Å². The fourth-order valence-corrected chi connectivity index (χ4v) is 9.67. The number of hydrogen-bond donors (Lipinski definition) is 2. The third kappa shape index (κ3) is 71.8. The van der Waals surface area contributed by atoms with Gasteiger partial charge in [-0.15, -0.1) is 0 Å². The van der Waals surface area contributed by atoms with Crippen molar-refractivity contribution in [3.8, 4) is 0 Å². The van der Waals surface area contributed by atoms with Crippen LogP contribution in [0.4, 0.5) is 0 Å². The normalized spacial score (nSPS) is 14.2. The first-order chi connectivity index (χ1) is 43.8. The molecule has 500 valence electrons. The molecule has 10 heteroatoms. The smallest absolute Gasteiger partial charge is 0.462 e. The average molecular weight is 1250 g/mol. The highest BCUT2D eigenvalue weighted by atomic mass is 31.2. The minimum absolute atomic E-state index is 0.0408. The number of ether oxygens (including phenoxy) is 2. The fourth-order valence-electron chi connectivity index (χ4n) is 8.90. The minimum atomic E-state index is -4.41. The van der Waals surface area contributed by atoms with Crippen molar-refractivity contribution in [2.45, 2.75) is 264 Å². The van der Waals surface area contributed by atoms with Gasteiger partial charge in [0.05, 0.1) is 13.2 Å². The number of rotatable bonds is 63. The molecule has 0 bridgehead atoms. The lowest BCUT2D eigenvalue weighted by Crippen LogP contribution is -2.29. The predicted molar refractivity (Wildman–Crippen MR) is 385 cm³/mol. The molecule has 0 amide bonds. The topological polar surface area (TPSA) is 134 Å². The Hall–Kier alpha value is -5.15. The van der Waals surface area contributed by atoms with Crippen molar-refractivity contribution < 1.29 is 37.6 Å². The van der Waals surface area contributed by atoms with Crippen LogP contribution in [0.5, 0.6) is 0 Å². The van der Waals surface area contributed by atoms with E-state index in [1.807, 2.05) is 0 Å². The van der Waals surface area contributed by atoms with Gasteiger partial charge in [-0.1, -0.05) is 298 Å². The summed E-state index contributed by atoms with van der Waals surface area (Å²) >= 11 is 0. The molecule has 0 spiro atoms. The van der Waals surface area contributed by atoms with E-state index in [1.165, 1.54) is 64.2 Å². The van der Waals surface area contributed by atoms with Crippen LogP contribution in [0.1, 0.15) is 258 Å². The van der Waals surface area contributed by atoms with Crippen LogP contribution < -0.4 is 5.73 Å². The molecule has 0 aromatic heterocycles. The van der Waals surface area contributed by atoms with Crippen LogP contribution in [0.2, 0.25) is 0 Å². The largest absolute Gasteiger partial charge is 0.472 e. The monoisotopic (exact) mass is 1250 g/mol. The Bertz CT molecular complexity index is 2160. The van der Waals surface area contributed by atoms with Crippen molar-refractivity contribution in [1.82, 2.24) is 0 Å². The van der Waals surface area contributed by atoms with Gasteiger partial charge in [-0.3, -0.25) is 18.6 Å². The summed E-state index contributed by atoms with van der Waals surface area (Å²) in [4.78, 5) is 35.4. The first-order valence-corrected chi connectivity index (χ1v) is 36.4. The molecule has 2 atom stereocenters. The highest BCUT2D eigenvalue weighted by Crippen LogP contribution is 2.43. The second-order valence-corrected chi connectivity index (χ2v) is 23.7. The zero-order valence-electron chi connectivity index (χ0n) is 56.1. The quantitative estimate of drug-likeness (QED) is 0.0264. The van der Waals surface area contributed by atoms with E-state index in [0.29, 0.717) is 12.8 Å². The van der Waals surface area contributed by atoms with Crippen molar-refractivity contribution in [3.05, 3.63) is 194 Å². The molecular weight excluding hydrogens is 1120 g/mol. The van der Waals surface area contributed by atoms with Gasteiger partial charge in [-0.2, -0.15) is 0 Å². The average Bonchev–Trinajstić information content (AvgIpc) is 3.58. The molecule has 0 rings (SSSR count). The molecule has 0 heterocycles. The number of carbonyl (C=O) groups is 2. The van der Waals surface area contributed by atoms with E-state index in [0.717, 1.165) is 154 Å². The van der Waals surface area contributed by atoms with Gasteiger partial charge in [0.15, 0.2) is 6.10 Å². The molecule has 9 nitrogen and oxygen atoms in total. The SMILES string of the molecule is CC/C=C\C/C=C\C/C=C\C/C=C\C/C=C\C/C=C\C/C=C\C/C=C\C/C=C\CCCCCCCCCCCCCCCC(=O)OC(COC(=O)CCCCCCC/C=C\C/C=C\C/C=C\C/C=C\C/C=C\C/C=C\C/C=C\CC)COP(=O)(O)OCCN. The van der Waals surface area contributed by atoms with Crippen LogP contribution in [-0.4, -0.2) is 49.3 Å². The van der Waals surface area contributed by atoms with Gasteiger partial charge in [0.2, 0.25) is 0 Å². The summed E-state index contributed by atoms with van der Waals surface area (Å²) in [5, 5.41) is 0. The molecule has 0 aromatic carbocycles. The van der Waals surface area contributed by atoms with Crippen LogP contribution in [0.25, 0.3) is 0 Å². The zero-order chi connectivity index (χ0) is 64.4. The Balaban J connectivity index is 3.98. The van der Waals surface area contributed by atoms with Crippen LogP contribution in [0.3, 0.4) is 0 Å². The molecule has 0 saturated heterocycles. The lowest BCUT2D eigenvalue weighted by atomic mass is 10.0. The summed E-state index contributed by atoms with van der Waals surface area (Å²) in [6, 6.07) is 0. The summed E-state index contributed by atoms with van der Waals surface area (Å²) in [5.74, 6) is -0.862. The molecule has 0 aliphatic carbocycles. The summed E-state index contributed by atoms with van der Waals surface area (Å²) in [7, 11) is -4.41. The zero-order valence-corrected chi connectivity index (χ0v) is 57.0. The van der Waals surface area contributed by atoms with Gasteiger partial charge in [0, 0.05) is 19.4 Å². The number of nitrogens with two attached hydrogens (primary N) is 1. The lowest BCUT2D eigenvalue weighted by molar-refractivity contribution is -0.161. The van der Waals surface area contributed by atoms with Crippen LogP contribution >= 0.6 is 7.82 Å². The molecule has 0 saturated carbocycles. The van der Waals surface area contributed by atoms with E-state index in [9.17, 15) is 19.0 Å². The van der Waals surface area contributed by atoms with E-state index in [2.05, 4.69) is 208 Å². The standard InChI is InChI=1S/C79H126NO8P/c1-3-5-7-9-11-13-15-17-19-21-23-25-27-29-31-32-33-34-35-36-37-38-39-40-41-42-43-44-46-48-50-52-54-56-58-60-62-64-66-68-70-72-79(82)88-77(76-87-89(83,84)86-74-73-80)75-85-78(81)71-69-67-65-63-61-59-57-55-53-51-49-47-45-30-28-26-24-22-20-18-16-14-12-10-8-6-4-2/h5-8,11-14,17-20,23-26,29-31,33-34,36-37,39-40,42-43,45,49,51,55,57,77H,3-4,9-10,15-16,21-22,27-28,32,35,38,41,44,46-48,50,52-54,56,58-76,80H2,1-2H3,(H,83,84)/b7-5-,8-6-,13-11-,14-12-,19-17-,20-18-,25-23-,26-24-,31-29-,34-33-,37-36-,40-39-,43-42-,45-30-,51-49-,57-55-. The van der Waals surface area contributed by atoms with Crippen LogP contribution in [0, 0.1) is 0 Å². The number of carbonyl (C=O) groups excluding carboxylic acids is 2. The number of unbranched alkanes of at least 4 members (excludes halogenated alkanes) is 18. The molecule has 89 heavy (non-hydrogen) atoms. The molecular formula is C79H126NO8P. The van der Waals surface area contributed by atoms with E-state index in [-0.39, 0.29) is 32.6 Å². The highest BCUT2D eigenvalue weighted by Gasteiger charge is 2.26. The van der Waals surface area contributed by atoms with E-state index in [1.54, 1.807) is 0 Å². The third-order valence-corrected chi connectivity index (χ3v) is 15.0. The molecule has 2 unspecified atom stereocenters. The molecule has 0 fully saturated rings. The second kappa shape index (κ2) is 71.9. The minimum Gasteiger partial charge on any atom is -0.462 e. The molecule has 0 aliphatic rings. The maximum atomic E-state index is 12.8. The Morgan fingerprint density at radius 3 is 0.865 bits per heavy atom. The van der Waals surface area contributed by atoms with E-state index < -0.39 is 32.5 Å². The van der Waals surface area contributed by atoms with Gasteiger partial charge in [0.25, 0.3) is 0 Å². The number of esters is 2. The van der Waals surface area contributed by atoms with Gasteiger partial charge in [0.1, 0.15) is 6.61 Å². The second-order valence-electron chi connectivity index (χ2n) is 22.3. The molecule has 0 aliphatic heterocycles. The van der Waals surface area contributed by atoms with Gasteiger partial charge in [-0.25, -0.2) is 4.57 Å². The first kappa shape index (κ1) is 83.8. The maximum absolute atomic E-state index is 12.8. The summed E-state index contributed by atoms with van der Waals surface area (Å²) < 4.78 is 33.1. The number of hydrogen-bond acceptors (Lipinski definition) is 8.